The summed E-state index contributed by atoms with van der Waals surface area (Å²) in [5, 5.41) is 11.9. The number of nitrogens with zero attached hydrogens (tertiary/aromatic N) is 1. The van der Waals surface area contributed by atoms with Crippen LogP contribution in [-0.4, -0.2) is 16.9 Å². The van der Waals surface area contributed by atoms with E-state index in [0.29, 0.717) is 5.92 Å². The van der Waals surface area contributed by atoms with Crippen LogP contribution in [-0.2, 0) is 12.8 Å². The van der Waals surface area contributed by atoms with Gasteiger partial charge in [0, 0.05) is 28.9 Å². The molecule has 0 bridgehead atoms. The molecule has 0 amide bonds. The van der Waals surface area contributed by atoms with Crippen molar-refractivity contribution in [3.05, 3.63) is 35.0 Å². The molecule has 0 spiro atoms. The van der Waals surface area contributed by atoms with Crippen LogP contribution in [0.2, 0.25) is 0 Å². The lowest BCUT2D eigenvalue weighted by molar-refractivity contribution is 0.543. The summed E-state index contributed by atoms with van der Waals surface area (Å²) >= 11 is 1.78. The lowest BCUT2D eigenvalue weighted by Crippen LogP contribution is -2.30. The standard InChI is InChI=1S/C23H34N4S/c1-5-14(3)23(27-22-15(4)19(24)10-16(6-2)13-26-22)28-21-12-18-9-7-8-17(18)11-20(21)25/h11-15,23-24H,5-10,25H2,1-4H3,(H,26,27). The van der Waals surface area contributed by atoms with E-state index in [-0.39, 0.29) is 11.3 Å². The molecule has 0 aromatic heterocycles. The molecule has 0 radical (unpaired) electrons. The van der Waals surface area contributed by atoms with E-state index in [4.69, 9.17) is 16.1 Å². The minimum absolute atomic E-state index is 0.0184. The molecule has 152 valence electrons. The average molecular weight is 399 g/mol. The van der Waals surface area contributed by atoms with Crippen molar-refractivity contribution in [2.24, 2.45) is 16.8 Å². The molecular weight excluding hydrogens is 364 g/mol. The van der Waals surface area contributed by atoms with Gasteiger partial charge in [-0.05, 0) is 60.4 Å². The predicted molar refractivity (Wildman–Crippen MR) is 122 cm³/mol. The van der Waals surface area contributed by atoms with E-state index in [2.05, 4.69) is 51.3 Å². The van der Waals surface area contributed by atoms with E-state index in [1.54, 1.807) is 11.8 Å². The van der Waals surface area contributed by atoms with E-state index in [1.165, 1.54) is 23.1 Å². The Kier molecular flexibility index (Phi) is 6.86. The maximum atomic E-state index is 8.45. The number of aliphatic imine (C=N–C) groups is 1. The number of allylic oxidation sites excluding steroid dienone is 1. The number of nitrogens with two attached hydrogens (primary N) is 1. The molecule has 3 unspecified atom stereocenters. The summed E-state index contributed by atoms with van der Waals surface area (Å²) in [5.74, 6) is 1.35. The van der Waals surface area contributed by atoms with Gasteiger partial charge >= 0.3 is 0 Å². The molecule has 0 saturated heterocycles. The molecule has 3 rings (SSSR count). The number of hydrogen-bond acceptors (Lipinski definition) is 4. The lowest BCUT2D eigenvalue weighted by Gasteiger charge is -2.23. The zero-order chi connectivity index (χ0) is 20.3. The Labute approximate surface area is 174 Å². The normalized spacial score (nSPS) is 23.0. The highest BCUT2D eigenvalue weighted by Gasteiger charge is 2.25. The van der Waals surface area contributed by atoms with E-state index >= 15 is 0 Å². The van der Waals surface area contributed by atoms with Crippen molar-refractivity contribution in [2.45, 2.75) is 76.5 Å². The molecule has 1 aromatic carbocycles. The Morgan fingerprint density at radius 1 is 1.29 bits per heavy atom. The summed E-state index contributed by atoms with van der Waals surface area (Å²) in [7, 11) is 0. The Morgan fingerprint density at radius 3 is 2.68 bits per heavy atom. The van der Waals surface area contributed by atoms with Crippen LogP contribution in [0.25, 0.3) is 0 Å². The quantitative estimate of drug-likeness (QED) is 0.433. The van der Waals surface area contributed by atoms with Crippen LogP contribution in [0.5, 0.6) is 0 Å². The summed E-state index contributed by atoms with van der Waals surface area (Å²) < 4.78 is 0. The molecule has 1 aromatic rings. The smallest absolute Gasteiger partial charge is 0.110 e. The summed E-state index contributed by atoms with van der Waals surface area (Å²) in [5.41, 5.74) is 12.1. The first-order valence-corrected chi connectivity index (χ1v) is 11.5. The molecule has 5 heteroatoms. The van der Waals surface area contributed by atoms with Gasteiger partial charge < -0.3 is 16.5 Å². The Balaban J connectivity index is 1.89. The van der Waals surface area contributed by atoms with Gasteiger partial charge in [0.15, 0.2) is 0 Å². The minimum atomic E-state index is 0.0184. The van der Waals surface area contributed by atoms with Gasteiger partial charge in [0.2, 0.25) is 0 Å². The highest BCUT2D eigenvalue weighted by atomic mass is 32.2. The third kappa shape index (κ3) is 4.62. The number of rotatable bonds is 6. The Morgan fingerprint density at radius 2 is 2.00 bits per heavy atom. The lowest BCUT2D eigenvalue weighted by atomic mass is 9.98. The number of benzene rings is 1. The van der Waals surface area contributed by atoms with E-state index in [1.807, 2.05) is 0 Å². The third-order valence-corrected chi connectivity index (χ3v) is 7.52. The summed E-state index contributed by atoms with van der Waals surface area (Å²) in [4.78, 5) is 6.27. The van der Waals surface area contributed by atoms with Crippen molar-refractivity contribution in [1.29, 1.82) is 5.41 Å². The van der Waals surface area contributed by atoms with E-state index < -0.39 is 0 Å². The number of hydrogen-bond donors (Lipinski definition) is 3. The molecular formula is C23H34N4S. The highest BCUT2D eigenvalue weighted by Crippen LogP contribution is 2.38. The second-order valence-electron chi connectivity index (χ2n) is 8.14. The first kappa shape index (κ1) is 21.0. The SMILES string of the molecule is CCC1=CNC(=NC(Sc2cc3c(cc2N)CCC3)C(C)CC)C(C)C(=N)C1. The van der Waals surface area contributed by atoms with Crippen LogP contribution < -0.4 is 11.1 Å². The van der Waals surface area contributed by atoms with Gasteiger partial charge in [-0.15, -0.1) is 0 Å². The fraction of sp³-hybridized carbons (Fsp3) is 0.565. The first-order valence-electron chi connectivity index (χ1n) is 10.6. The fourth-order valence-corrected chi connectivity index (χ4v) is 5.01. The van der Waals surface area contributed by atoms with Crippen molar-refractivity contribution >= 4 is 29.0 Å². The summed E-state index contributed by atoms with van der Waals surface area (Å²) in [6.45, 7) is 8.70. The number of amidine groups is 1. The second kappa shape index (κ2) is 9.17. The Bertz CT molecular complexity index is 796. The van der Waals surface area contributed by atoms with Crippen molar-refractivity contribution < 1.29 is 0 Å². The number of nitrogen functional groups attached to an aromatic ring is 1. The van der Waals surface area contributed by atoms with Crippen LogP contribution in [0.15, 0.2) is 33.8 Å². The Hall–Kier alpha value is -1.75. The molecule has 3 atom stereocenters. The van der Waals surface area contributed by atoms with Gasteiger partial charge in [0.25, 0.3) is 0 Å². The maximum Gasteiger partial charge on any atom is 0.110 e. The number of anilines is 1. The number of aryl methyl sites for hydroxylation is 2. The van der Waals surface area contributed by atoms with E-state index in [9.17, 15) is 0 Å². The zero-order valence-electron chi connectivity index (χ0n) is 17.6. The van der Waals surface area contributed by atoms with Gasteiger partial charge in [-0.3, -0.25) is 4.99 Å². The maximum absolute atomic E-state index is 8.45. The minimum Gasteiger partial charge on any atom is -0.398 e. The van der Waals surface area contributed by atoms with Crippen molar-refractivity contribution in [2.75, 3.05) is 5.73 Å². The van der Waals surface area contributed by atoms with Gasteiger partial charge in [0.05, 0.1) is 5.92 Å². The first-order chi connectivity index (χ1) is 13.4. The summed E-state index contributed by atoms with van der Waals surface area (Å²) in [6, 6.07) is 4.46. The molecule has 0 fully saturated rings. The van der Waals surface area contributed by atoms with Gasteiger partial charge in [-0.1, -0.05) is 45.9 Å². The zero-order valence-corrected chi connectivity index (χ0v) is 18.5. The number of nitrogens with one attached hydrogen (secondary N) is 2. The molecule has 4 N–H and O–H groups in total. The molecule has 1 aliphatic carbocycles. The number of thioether (sulfide) groups is 1. The van der Waals surface area contributed by atoms with E-state index in [0.717, 1.165) is 54.2 Å². The van der Waals surface area contributed by atoms with Crippen LogP contribution >= 0.6 is 11.8 Å². The van der Waals surface area contributed by atoms with Crippen LogP contribution in [0.1, 0.15) is 64.5 Å². The molecule has 4 nitrogen and oxygen atoms in total. The van der Waals surface area contributed by atoms with Gasteiger partial charge in [-0.25, -0.2) is 0 Å². The molecule has 1 heterocycles. The molecule has 0 saturated carbocycles. The van der Waals surface area contributed by atoms with Crippen molar-refractivity contribution in [3.8, 4) is 0 Å². The van der Waals surface area contributed by atoms with Gasteiger partial charge in [0.1, 0.15) is 11.2 Å². The highest BCUT2D eigenvalue weighted by molar-refractivity contribution is 8.00. The van der Waals surface area contributed by atoms with Crippen molar-refractivity contribution in [1.82, 2.24) is 5.32 Å². The molecule has 28 heavy (non-hydrogen) atoms. The van der Waals surface area contributed by atoms with Crippen molar-refractivity contribution in [3.63, 3.8) is 0 Å². The topological polar surface area (TPSA) is 74.3 Å². The fourth-order valence-electron chi connectivity index (χ4n) is 3.75. The largest absolute Gasteiger partial charge is 0.398 e. The number of fused-ring (bicyclic) bond motifs is 1. The van der Waals surface area contributed by atoms with Crippen LogP contribution in [0.4, 0.5) is 5.69 Å². The predicted octanol–water partition coefficient (Wildman–Crippen LogP) is 5.56. The molecule has 2 aliphatic rings. The second-order valence-corrected chi connectivity index (χ2v) is 9.30. The van der Waals surface area contributed by atoms with Gasteiger partial charge in [-0.2, -0.15) is 0 Å². The molecule has 1 aliphatic heterocycles. The monoisotopic (exact) mass is 398 g/mol. The van der Waals surface area contributed by atoms with Crippen LogP contribution in [0, 0.1) is 17.2 Å². The van der Waals surface area contributed by atoms with Crippen LogP contribution in [0.3, 0.4) is 0 Å². The third-order valence-electron chi connectivity index (χ3n) is 6.10. The summed E-state index contributed by atoms with van der Waals surface area (Å²) in [6.07, 6.45) is 8.35. The average Bonchev–Trinajstić information content (AvgIpc) is 3.09.